The Morgan fingerprint density at radius 2 is 2.00 bits per heavy atom. The molecular formula is C14H20F3NO2S. The van der Waals surface area contributed by atoms with Crippen molar-refractivity contribution in [3.8, 4) is 11.5 Å². The van der Waals surface area contributed by atoms with Gasteiger partial charge in [-0.3, -0.25) is 0 Å². The monoisotopic (exact) mass is 323 g/mol. The van der Waals surface area contributed by atoms with E-state index >= 15 is 0 Å². The zero-order chi connectivity index (χ0) is 15.7. The molecule has 7 heteroatoms. The first-order chi connectivity index (χ1) is 9.96. The topological polar surface area (TPSA) is 30.5 Å². The normalized spacial score (nSPS) is 11.5. The van der Waals surface area contributed by atoms with Gasteiger partial charge in [0.1, 0.15) is 0 Å². The molecule has 0 bridgehead atoms. The van der Waals surface area contributed by atoms with Crippen LogP contribution in [0.2, 0.25) is 0 Å². The van der Waals surface area contributed by atoms with Crippen molar-refractivity contribution in [2.24, 2.45) is 0 Å². The lowest BCUT2D eigenvalue weighted by molar-refractivity contribution is -0.0329. The first kappa shape index (κ1) is 18.0. The maximum atomic E-state index is 12.0. The van der Waals surface area contributed by atoms with Gasteiger partial charge in [-0.1, -0.05) is 13.0 Å². The van der Waals surface area contributed by atoms with Crippen LogP contribution in [-0.4, -0.2) is 31.5 Å². The van der Waals surface area contributed by atoms with Gasteiger partial charge in [0, 0.05) is 12.3 Å². The van der Waals surface area contributed by atoms with Crippen LogP contribution in [0.25, 0.3) is 0 Å². The van der Waals surface area contributed by atoms with E-state index < -0.39 is 5.51 Å². The fourth-order valence-corrected chi connectivity index (χ4v) is 2.06. The summed E-state index contributed by atoms with van der Waals surface area (Å²) < 4.78 is 46.7. The SMILES string of the molecule is CCCNCc1ccc(OC)c(OCCSC(F)(F)F)c1. The minimum absolute atomic E-state index is 0.0214. The molecule has 0 heterocycles. The standard InChI is InChI=1S/C14H20F3NO2S/c1-3-6-18-10-11-4-5-12(19-2)13(9-11)20-7-8-21-14(15,16)17/h4-5,9,18H,3,6-8,10H2,1-2H3. The van der Waals surface area contributed by atoms with Crippen LogP contribution in [0.1, 0.15) is 18.9 Å². The molecule has 1 aromatic carbocycles. The van der Waals surface area contributed by atoms with Gasteiger partial charge in [0.15, 0.2) is 11.5 Å². The predicted octanol–water partition coefficient (Wildman–Crippen LogP) is 3.83. The second-order valence-electron chi connectivity index (χ2n) is 4.30. The van der Waals surface area contributed by atoms with Crippen molar-refractivity contribution in [3.05, 3.63) is 23.8 Å². The van der Waals surface area contributed by atoms with Crippen molar-refractivity contribution in [2.45, 2.75) is 25.4 Å². The van der Waals surface area contributed by atoms with E-state index in [2.05, 4.69) is 12.2 Å². The molecule has 0 atom stereocenters. The number of alkyl halides is 3. The van der Waals surface area contributed by atoms with Crippen LogP contribution < -0.4 is 14.8 Å². The first-order valence-electron chi connectivity index (χ1n) is 6.67. The Morgan fingerprint density at radius 3 is 2.62 bits per heavy atom. The number of rotatable bonds is 9. The van der Waals surface area contributed by atoms with Gasteiger partial charge in [-0.15, -0.1) is 0 Å². The molecule has 0 saturated carbocycles. The maximum absolute atomic E-state index is 12.0. The van der Waals surface area contributed by atoms with E-state index in [1.165, 1.54) is 7.11 Å². The van der Waals surface area contributed by atoms with Gasteiger partial charge in [0.2, 0.25) is 0 Å². The second-order valence-corrected chi connectivity index (χ2v) is 5.46. The Balaban J connectivity index is 2.55. The summed E-state index contributed by atoms with van der Waals surface area (Å²) in [5, 5.41) is 3.25. The smallest absolute Gasteiger partial charge is 0.441 e. The molecule has 1 N–H and O–H groups in total. The van der Waals surface area contributed by atoms with Gasteiger partial charge in [-0.05, 0) is 42.4 Å². The van der Waals surface area contributed by atoms with Gasteiger partial charge in [0.25, 0.3) is 0 Å². The Labute approximate surface area is 127 Å². The summed E-state index contributed by atoms with van der Waals surface area (Å²) in [7, 11) is 1.50. The summed E-state index contributed by atoms with van der Waals surface area (Å²) in [6.45, 7) is 3.65. The molecule has 0 radical (unpaired) electrons. The number of benzene rings is 1. The van der Waals surface area contributed by atoms with Crippen LogP contribution in [-0.2, 0) is 6.54 Å². The minimum Gasteiger partial charge on any atom is -0.493 e. The van der Waals surface area contributed by atoms with Crippen LogP contribution in [0.5, 0.6) is 11.5 Å². The number of thioether (sulfide) groups is 1. The lowest BCUT2D eigenvalue weighted by Crippen LogP contribution is -2.14. The number of hydrogen-bond donors (Lipinski definition) is 1. The average Bonchev–Trinajstić information content (AvgIpc) is 2.43. The van der Waals surface area contributed by atoms with Crippen molar-refractivity contribution in [3.63, 3.8) is 0 Å². The van der Waals surface area contributed by atoms with Crippen molar-refractivity contribution >= 4 is 11.8 Å². The maximum Gasteiger partial charge on any atom is 0.441 e. The van der Waals surface area contributed by atoms with Gasteiger partial charge in [-0.2, -0.15) is 13.2 Å². The largest absolute Gasteiger partial charge is 0.493 e. The third-order valence-electron chi connectivity index (χ3n) is 2.59. The fraction of sp³-hybridized carbons (Fsp3) is 0.571. The second kappa shape index (κ2) is 9.04. The molecule has 21 heavy (non-hydrogen) atoms. The molecular weight excluding hydrogens is 303 g/mol. The summed E-state index contributed by atoms with van der Waals surface area (Å²) in [6, 6.07) is 5.45. The first-order valence-corrected chi connectivity index (χ1v) is 7.66. The molecule has 0 unspecified atom stereocenters. The zero-order valence-electron chi connectivity index (χ0n) is 12.1. The Bertz CT molecular complexity index is 427. The van der Waals surface area contributed by atoms with E-state index in [9.17, 15) is 13.2 Å². The van der Waals surface area contributed by atoms with E-state index in [4.69, 9.17) is 9.47 Å². The van der Waals surface area contributed by atoms with Crippen LogP contribution in [0, 0.1) is 0 Å². The molecule has 0 aliphatic rings. The quantitative estimate of drug-likeness (QED) is 0.700. The summed E-state index contributed by atoms with van der Waals surface area (Å²) in [5.74, 6) is 0.840. The van der Waals surface area contributed by atoms with Crippen LogP contribution in [0.15, 0.2) is 18.2 Å². The number of nitrogens with one attached hydrogen (secondary N) is 1. The van der Waals surface area contributed by atoms with Crippen molar-refractivity contribution in [1.29, 1.82) is 0 Å². The van der Waals surface area contributed by atoms with Crippen LogP contribution in [0.4, 0.5) is 13.2 Å². The van der Waals surface area contributed by atoms with E-state index in [1.54, 1.807) is 12.1 Å². The Morgan fingerprint density at radius 1 is 1.24 bits per heavy atom. The van der Waals surface area contributed by atoms with Gasteiger partial charge in [0.05, 0.1) is 13.7 Å². The summed E-state index contributed by atoms with van der Waals surface area (Å²) in [4.78, 5) is 0. The van der Waals surface area contributed by atoms with Gasteiger partial charge < -0.3 is 14.8 Å². The summed E-state index contributed by atoms with van der Waals surface area (Å²) >= 11 is -0.0908. The molecule has 120 valence electrons. The number of halogens is 3. The van der Waals surface area contributed by atoms with E-state index in [0.717, 1.165) is 18.5 Å². The summed E-state index contributed by atoms with van der Waals surface area (Å²) in [5.41, 5.74) is -3.22. The summed E-state index contributed by atoms with van der Waals surface area (Å²) in [6.07, 6.45) is 1.04. The molecule has 0 fully saturated rings. The molecule has 0 aliphatic heterocycles. The average molecular weight is 323 g/mol. The molecule has 0 spiro atoms. The van der Waals surface area contributed by atoms with E-state index in [-0.39, 0.29) is 24.1 Å². The van der Waals surface area contributed by atoms with Crippen molar-refractivity contribution < 1.29 is 22.6 Å². The highest BCUT2D eigenvalue weighted by atomic mass is 32.2. The third-order valence-corrected chi connectivity index (χ3v) is 3.29. The van der Waals surface area contributed by atoms with Crippen LogP contribution in [0.3, 0.4) is 0 Å². The Kier molecular flexibility index (Phi) is 7.74. The highest BCUT2D eigenvalue weighted by Crippen LogP contribution is 2.31. The molecule has 0 aromatic heterocycles. The van der Waals surface area contributed by atoms with Crippen molar-refractivity contribution in [2.75, 3.05) is 26.0 Å². The number of methoxy groups -OCH3 is 1. The molecule has 0 amide bonds. The van der Waals surface area contributed by atoms with E-state index in [0.29, 0.717) is 18.0 Å². The van der Waals surface area contributed by atoms with Crippen molar-refractivity contribution in [1.82, 2.24) is 5.32 Å². The van der Waals surface area contributed by atoms with E-state index in [1.807, 2.05) is 6.07 Å². The minimum atomic E-state index is -4.22. The van der Waals surface area contributed by atoms with Crippen LogP contribution >= 0.6 is 11.8 Å². The lowest BCUT2D eigenvalue weighted by atomic mass is 10.2. The number of ether oxygens (including phenoxy) is 2. The molecule has 1 aromatic rings. The Hall–Kier alpha value is -1.08. The molecule has 1 rings (SSSR count). The fourth-order valence-electron chi connectivity index (χ4n) is 1.66. The van der Waals surface area contributed by atoms with Gasteiger partial charge >= 0.3 is 5.51 Å². The molecule has 0 aliphatic carbocycles. The van der Waals surface area contributed by atoms with Gasteiger partial charge in [-0.25, -0.2) is 0 Å². The number of hydrogen-bond acceptors (Lipinski definition) is 4. The highest BCUT2D eigenvalue weighted by Gasteiger charge is 2.27. The highest BCUT2D eigenvalue weighted by molar-refractivity contribution is 8.00. The molecule has 0 saturated heterocycles. The zero-order valence-corrected chi connectivity index (χ0v) is 12.9. The molecule has 3 nitrogen and oxygen atoms in total. The lowest BCUT2D eigenvalue weighted by Gasteiger charge is -2.13. The third kappa shape index (κ3) is 7.47. The predicted molar refractivity (Wildman–Crippen MR) is 79.0 cm³/mol.